The first-order valence-corrected chi connectivity index (χ1v) is 6.45. The molecule has 1 N–H and O–H groups in total. The van der Waals surface area contributed by atoms with Crippen molar-refractivity contribution in [3.8, 4) is 0 Å². The van der Waals surface area contributed by atoms with Gasteiger partial charge in [0.1, 0.15) is 5.65 Å². The lowest BCUT2D eigenvalue weighted by molar-refractivity contribution is 0.300. The number of fused-ring (bicyclic) bond motifs is 1. The van der Waals surface area contributed by atoms with Gasteiger partial charge < -0.3 is 5.11 Å². The quantitative estimate of drug-likeness (QED) is 0.889. The molecule has 0 aliphatic heterocycles. The standard InChI is InChI=1S/C12H14N2O2S/c1-9(7-15)17-8-10-6-12(16)14-5-3-2-4-11(14)13-10/h2-6,9,15H,7-8H2,1H3. The van der Waals surface area contributed by atoms with Gasteiger partial charge in [-0.1, -0.05) is 13.0 Å². The van der Waals surface area contributed by atoms with E-state index in [1.165, 1.54) is 4.40 Å². The van der Waals surface area contributed by atoms with Gasteiger partial charge >= 0.3 is 0 Å². The first-order valence-electron chi connectivity index (χ1n) is 5.40. The summed E-state index contributed by atoms with van der Waals surface area (Å²) < 4.78 is 1.52. The minimum atomic E-state index is -0.0668. The second-order valence-electron chi connectivity index (χ2n) is 3.82. The summed E-state index contributed by atoms with van der Waals surface area (Å²) in [6, 6.07) is 7.02. The molecule has 1 atom stereocenters. The minimum Gasteiger partial charge on any atom is -0.395 e. The van der Waals surface area contributed by atoms with E-state index >= 15 is 0 Å². The van der Waals surface area contributed by atoms with E-state index in [4.69, 9.17) is 5.11 Å². The van der Waals surface area contributed by atoms with Crippen molar-refractivity contribution in [1.82, 2.24) is 9.38 Å². The van der Waals surface area contributed by atoms with Crippen LogP contribution in [0.5, 0.6) is 0 Å². The third-order valence-corrected chi connectivity index (χ3v) is 3.58. The SMILES string of the molecule is CC(CO)SCc1cc(=O)n2ccccc2n1. The van der Waals surface area contributed by atoms with Crippen molar-refractivity contribution in [1.29, 1.82) is 0 Å². The summed E-state index contributed by atoms with van der Waals surface area (Å²) in [6.45, 7) is 2.08. The highest BCUT2D eigenvalue weighted by molar-refractivity contribution is 7.99. The molecule has 2 rings (SSSR count). The van der Waals surface area contributed by atoms with Gasteiger partial charge in [0.25, 0.3) is 5.56 Å². The first kappa shape index (κ1) is 12.1. The number of aliphatic hydroxyl groups excluding tert-OH is 1. The predicted octanol–water partition coefficient (Wildman–Crippen LogP) is 1.31. The molecule has 2 aromatic rings. The van der Waals surface area contributed by atoms with E-state index in [0.717, 1.165) is 5.69 Å². The van der Waals surface area contributed by atoms with Crippen LogP contribution >= 0.6 is 11.8 Å². The molecule has 2 heterocycles. The van der Waals surface area contributed by atoms with E-state index in [1.54, 1.807) is 30.1 Å². The molecule has 0 spiro atoms. The molecule has 4 nitrogen and oxygen atoms in total. The molecule has 0 aliphatic rings. The third-order valence-electron chi connectivity index (χ3n) is 2.40. The molecule has 0 aliphatic carbocycles. The van der Waals surface area contributed by atoms with Crippen LogP contribution in [0.25, 0.3) is 5.65 Å². The predicted molar refractivity (Wildman–Crippen MR) is 69.3 cm³/mol. The number of pyridine rings is 1. The molecule has 2 aromatic heterocycles. The molecule has 0 aromatic carbocycles. The van der Waals surface area contributed by atoms with Crippen LogP contribution in [0.3, 0.4) is 0 Å². The van der Waals surface area contributed by atoms with Crippen molar-refractivity contribution in [2.24, 2.45) is 0 Å². The Labute approximate surface area is 103 Å². The van der Waals surface area contributed by atoms with E-state index < -0.39 is 0 Å². The summed E-state index contributed by atoms with van der Waals surface area (Å²) in [5, 5.41) is 9.09. The fourth-order valence-electron chi connectivity index (χ4n) is 1.46. The van der Waals surface area contributed by atoms with Gasteiger partial charge in [0, 0.05) is 23.3 Å². The minimum absolute atomic E-state index is 0.0668. The third kappa shape index (κ3) is 2.87. The number of aliphatic hydroxyl groups is 1. The molecule has 1 unspecified atom stereocenters. The topological polar surface area (TPSA) is 54.6 Å². The van der Waals surface area contributed by atoms with Crippen molar-refractivity contribution in [3.63, 3.8) is 0 Å². The monoisotopic (exact) mass is 250 g/mol. The number of aromatic nitrogens is 2. The molecule has 0 amide bonds. The van der Waals surface area contributed by atoms with Gasteiger partial charge in [0.15, 0.2) is 0 Å². The highest BCUT2D eigenvalue weighted by Gasteiger charge is 2.05. The van der Waals surface area contributed by atoms with Crippen molar-refractivity contribution in [2.75, 3.05) is 6.61 Å². The molecule has 0 saturated carbocycles. The molecule has 0 fully saturated rings. The van der Waals surface area contributed by atoms with Crippen LogP contribution < -0.4 is 5.56 Å². The average molecular weight is 250 g/mol. The van der Waals surface area contributed by atoms with Crippen LogP contribution in [0, 0.1) is 0 Å². The molecule has 17 heavy (non-hydrogen) atoms. The summed E-state index contributed by atoms with van der Waals surface area (Å²) in [4.78, 5) is 16.2. The Morgan fingerprint density at radius 1 is 1.53 bits per heavy atom. The lowest BCUT2D eigenvalue weighted by atomic mass is 10.4. The van der Waals surface area contributed by atoms with E-state index in [0.29, 0.717) is 11.4 Å². The van der Waals surface area contributed by atoms with Crippen LogP contribution in [-0.2, 0) is 5.75 Å². The maximum absolute atomic E-state index is 11.8. The van der Waals surface area contributed by atoms with Crippen LogP contribution in [0.4, 0.5) is 0 Å². The molecule has 0 saturated heterocycles. The summed E-state index contributed by atoms with van der Waals surface area (Å²) in [5.74, 6) is 0.641. The van der Waals surface area contributed by atoms with Crippen molar-refractivity contribution >= 4 is 17.4 Å². The van der Waals surface area contributed by atoms with Crippen LogP contribution in [-0.4, -0.2) is 26.3 Å². The van der Waals surface area contributed by atoms with Crippen molar-refractivity contribution in [2.45, 2.75) is 17.9 Å². The molecule has 0 bridgehead atoms. The normalized spacial score (nSPS) is 12.8. The van der Waals surface area contributed by atoms with Gasteiger partial charge in [-0.15, -0.1) is 0 Å². The van der Waals surface area contributed by atoms with E-state index in [9.17, 15) is 4.79 Å². The lowest BCUT2D eigenvalue weighted by Gasteiger charge is -2.07. The maximum atomic E-state index is 11.8. The van der Waals surface area contributed by atoms with E-state index in [2.05, 4.69) is 4.98 Å². The Morgan fingerprint density at radius 2 is 2.35 bits per heavy atom. The van der Waals surface area contributed by atoms with Crippen LogP contribution in [0.15, 0.2) is 35.3 Å². The zero-order valence-corrected chi connectivity index (χ0v) is 10.4. The number of rotatable bonds is 4. The summed E-state index contributed by atoms with van der Waals surface area (Å²) in [5.41, 5.74) is 1.35. The van der Waals surface area contributed by atoms with Gasteiger partial charge in [-0.05, 0) is 12.1 Å². The lowest BCUT2D eigenvalue weighted by Crippen LogP contribution is -2.15. The van der Waals surface area contributed by atoms with E-state index in [1.807, 2.05) is 19.1 Å². The Bertz CT molecular complexity index is 568. The Balaban J connectivity index is 2.28. The van der Waals surface area contributed by atoms with Crippen LogP contribution in [0.2, 0.25) is 0 Å². The smallest absolute Gasteiger partial charge is 0.258 e. The Kier molecular flexibility index (Phi) is 3.81. The summed E-state index contributed by atoms with van der Waals surface area (Å²) >= 11 is 1.59. The first-order chi connectivity index (χ1) is 8.20. The maximum Gasteiger partial charge on any atom is 0.258 e. The highest BCUT2D eigenvalue weighted by atomic mass is 32.2. The Hall–Kier alpha value is -1.33. The Morgan fingerprint density at radius 3 is 3.12 bits per heavy atom. The summed E-state index contributed by atoms with van der Waals surface area (Å²) in [6.07, 6.45) is 1.71. The fraction of sp³-hybridized carbons (Fsp3) is 0.333. The second kappa shape index (κ2) is 5.33. The zero-order chi connectivity index (χ0) is 12.3. The second-order valence-corrected chi connectivity index (χ2v) is 5.25. The van der Waals surface area contributed by atoms with E-state index in [-0.39, 0.29) is 17.4 Å². The zero-order valence-electron chi connectivity index (χ0n) is 9.54. The summed E-state index contributed by atoms with van der Waals surface area (Å²) in [7, 11) is 0. The number of thioether (sulfide) groups is 1. The van der Waals surface area contributed by atoms with Gasteiger partial charge in [0.2, 0.25) is 0 Å². The molecular formula is C12H14N2O2S. The van der Waals surface area contributed by atoms with Crippen molar-refractivity contribution < 1.29 is 5.11 Å². The molecule has 5 heteroatoms. The van der Waals surface area contributed by atoms with Gasteiger partial charge in [-0.3, -0.25) is 9.20 Å². The van der Waals surface area contributed by atoms with Gasteiger partial charge in [-0.2, -0.15) is 11.8 Å². The fourth-order valence-corrected chi connectivity index (χ4v) is 2.17. The van der Waals surface area contributed by atoms with Gasteiger partial charge in [-0.25, -0.2) is 4.98 Å². The molecule has 90 valence electrons. The van der Waals surface area contributed by atoms with Gasteiger partial charge in [0.05, 0.1) is 12.3 Å². The number of hydrogen-bond acceptors (Lipinski definition) is 4. The highest BCUT2D eigenvalue weighted by Crippen LogP contribution is 2.15. The molecular weight excluding hydrogens is 236 g/mol. The number of nitrogens with zero attached hydrogens (tertiary/aromatic N) is 2. The number of hydrogen-bond donors (Lipinski definition) is 1. The average Bonchev–Trinajstić information content (AvgIpc) is 2.36. The largest absolute Gasteiger partial charge is 0.395 e. The molecule has 0 radical (unpaired) electrons. The van der Waals surface area contributed by atoms with Crippen molar-refractivity contribution in [3.05, 3.63) is 46.5 Å². The van der Waals surface area contributed by atoms with Crippen LogP contribution in [0.1, 0.15) is 12.6 Å².